The number of carbonyl (C=O) groups excluding carboxylic acids is 1. The predicted octanol–water partition coefficient (Wildman–Crippen LogP) is 1.92. The Bertz CT molecular complexity index is 569. The third-order valence-electron chi connectivity index (χ3n) is 3.98. The fourth-order valence-electron chi connectivity index (χ4n) is 3.26. The smallest absolute Gasteiger partial charge is 0.256 e. The Hall–Kier alpha value is -1.26. The van der Waals surface area contributed by atoms with E-state index in [-0.39, 0.29) is 11.6 Å². The first-order valence-electron chi connectivity index (χ1n) is 6.34. The number of allylic oxidation sites excluding steroid dienone is 1. The van der Waals surface area contributed by atoms with Gasteiger partial charge < -0.3 is 4.90 Å². The van der Waals surface area contributed by atoms with Crippen LogP contribution in [0.1, 0.15) is 22.3 Å². The van der Waals surface area contributed by atoms with Crippen molar-refractivity contribution in [2.75, 3.05) is 18.8 Å². The van der Waals surface area contributed by atoms with Gasteiger partial charge in [-0.15, -0.1) is 11.8 Å². The molecule has 1 aromatic rings. The van der Waals surface area contributed by atoms with E-state index in [4.69, 9.17) is 0 Å². The van der Waals surface area contributed by atoms with Gasteiger partial charge in [-0.2, -0.15) is 0 Å². The summed E-state index contributed by atoms with van der Waals surface area (Å²) in [4.78, 5) is 15.8. The maximum atomic E-state index is 12.5. The maximum absolute atomic E-state index is 12.5. The highest BCUT2D eigenvalue weighted by Gasteiger charge is 2.54. The van der Waals surface area contributed by atoms with E-state index in [0.717, 1.165) is 36.4 Å². The first-order chi connectivity index (χ1) is 8.84. The number of benzene rings is 1. The summed E-state index contributed by atoms with van der Waals surface area (Å²) in [5.74, 6) is 1.30. The third-order valence-corrected chi connectivity index (χ3v) is 5.19. The van der Waals surface area contributed by atoms with Crippen molar-refractivity contribution in [1.29, 1.82) is 0 Å². The number of thioether (sulfide) groups is 1. The number of nitrogens with zero attached hydrogens (tertiary/aromatic N) is 1. The van der Waals surface area contributed by atoms with Crippen LogP contribution in [0.15, 0.2) is 35.2 Å². The van der Waals surface area contributed by atoms with Crippen LogP contribution in [0.5, 0.6) is 0 Å². The molecular weight excluding hydrogens is 244 g/mol. The molecule has 1 fully saturated rings. The lowest BCUT2D eigenvalue weighted by atomic mass is 9.98. The fraction of sp³-hybridized carbons (Fsp3) is 0.357. The van der Waals surface area contributed by atoms with Gasteiger partial charge in [-0.1, -0.05) is 24.3 Å². The van der Waals surface area contributed by atoms with E-state index in [1.165, 1.54) is 4.91 Å². The summed E-state index contributed by atoms with van der Waals surface area (Å²) >= 11 is 1.88. The van der Waals surface area contributed by atoms with Crippen molar-refractivity contribution in [2.45, 2.75) is 12.1 Å². The quantitative estimate of drug-likeness (QED) is 0.835. The number of nitrogens with one attached hydrogen (secondary N) is 1. The van der Waals surface area contributed by atoms with Gasteiger partial charge in [0.2, 0.25) is 0 Å². The zero-order valence-corrected chi connectivity index (χ0v) is 10.8. The molecule has 0 bridgehead atoms. The Kier molecular flexibility index (Phi) is 2.14. The van der Waals surface area contributed by atoms with E-state index in [0.29, 0.717) is 0 Å². The van der Waals surface area contributed by atoms with Crippen LogP contribution < -0.4 is 5.32 Å². The van der Waals surface area contributed by atoms with Crippen LogP contribution >= 0.6 is 11.8 Å². The topological polar surface area (TPSA) is 32.3 Å². The Balaban J connectivity index is 1.97. The van der Waals surface area contributed by atoms with Crippen LogP contribution in [0.2, 0.25) is 0 Å². The van der Waals surface area contributed by atoms with Crippen LogP contribution in [0, 0.1) is 0 Å². The molecule has 3 aliphatic heterocycles. The van der Waals surface area contributed by atoms with Crippen molar-refractivity contribution in [2.24, 2.45) is 0 Å². The van der Waals surface area contributed by atoms with Gasteiger partial charge in [0.25, 0.3) is 5.91 Å². The standard InChI is InChI=1S/C14H14N2OS/c17-13-10-4-1-2-5-11(10)14(12-6-3-9-18-12)15-7-8-16(13)14/h1-2,4-6,15H,3,7-9H2. The summed E-state index contributed by atoms with van der Waals surface area (Å²) in [6.07, 6.45) is 3.39. The second-order valence-electron chi connectivity index (χ2n) is 4.85. The lowest BCUT2D eigenvalue weighted by molar-refractivity contribution is 0.0700. The van der Waals surface area contributed by atoms with Crippen molar-refractivity contribution >= 4 is 17.7 Å². The van der Waals surface area contributed by atoms with Crippen LogP contribution in [0.25, 0.3) is 0 Å². The average molecular weight is 258 g/mol. The van der Waals surface area contributed by atoms with E-state index >= 15 is 0 Å². The first kappa shape index (κ1) is 10.6. The molecule has 0 saturated carbocycles. The van der Waals surface area contributed by atoms with Crippen LogP contribution in [-0.2, 0) is 5.66 Å². The monoisotopic (exact) mass is 258 g/mol. The van der Waals surface area contributed by atoms with E-state index in [2.05, 4.69) is 17.5 Å². The Morgan fingerprint density at radius 3 is 3.06 bits per heavy atom. The molecule has 4 heteroatoms. The second-order valence-corrected chi connectivity index (χ2v) is 5.98. The Morgan fingerprint density at radius 2 is 2.22 bits per heavy atom. The number of amides is 1. The molecule has 18 heavy (non-hydrogen) atoms. The van der Waals surface area contributed by atoms with E-state index in [1.807, 2.05) is 34.9 Å². The molecule has 92 valence electrons. The zero-order chi connectivity index (χ0) is 12.2. The van der Waals surface area contributed by atoms with E-state index < -0.39 is 0 Å². The Labute approximate surface area is 110 Å². The molecule has 1 unspecified atom stereocenters. The minimum absolute atomic E-state index is 0.170. The fourth-order valence-corrected chi connectivity index (χ4v) is 4.45. The van der Waals surface area contributed by atoms with Gasteiger partial charge >= 0.3 is 0 Å². The van der Waals surface area contributed by atoms with Gasteiger partial charge in [-0.25, -0.2) is 0 Å². The first-order valence-corrected chi connectivity index (χ1v) is 7.32. The number of rotatable bonds is 1. The molecule has 1 atom stereocenters. The summed E-state index contributed by atoms with van der Waals surface area (Å²) in [6, 6.07) is 8.01. The molecule has 0 aromatic heterocycles. The van der Waals surface area contributed by atoms with Crippen LogP contribution in [0.3, 0.4) is 0 Å². The highest BCUT2D eigenvalue weighted by Crippen LogP contribution is 2.49. The molecule has 0 radical (unpaired) electrons. The van der Waals surface area contributed by atoms with Gasteiger partial charge in [0.15, 0.2) is 5.66 Å². The molecule has 3 nitrogen and oxygen atoms in total. The number of hydrogen-bond donors (Lipinski definition) is 1. The zero-order valence-electron chi connectivity index (χ0n) is 9.98. The van der Waals surface area contributed by atoms with E-state index in [1.54, 1.807) is 0 Å². The summed E-state index contributed by atoms with van der Waals surface area (Å²) in [5, 5.41) is 3.58. The van der Waals surface area contributed by atoms with Gasteiger partial charge in [0, 0.05) is 34.9 Å². The van der Waals surface area contributed by atoms with Crippen molar-refractivity contribution in [3.8, 4) is 0 Å². The summed E-state index contributed by atoms with van der Waals surface area (Å²) < 4.78 is 0. The normalized spacial score (nSPS) is 29.4. The van der Waals surface area contributed by atoms with Crippen LogP contribution in [-0.4, -0.2) is 29.6 Å². The minimum atomic E-state index is -0.352. The third kappa shape index (κ3) is 1.12. The maximum Gasteiger partial charge on any atom is 0.256 e. The second kappa shape index (κ2) is 3.62. The molecule has 0 spiro atoms. The lowest BCUT2D eigenvalue weighted by Crippen LogP contribution is -2.46. The predicted molar refractivity (Wildman–Crippen MR) is 72.3 cm³/mol. The van der Waals surface area contributed by atoms with Crippen molar-refractivity contribution < 1.29 is 4.79 Å². The van der Waals surface area contributed by atoms with Gasteiger partial charge in [0.05, 0.1) is 0 Å². The molecule has 1 amide bonds. The van der Waals surface area contributed by atoms with E-state index in [9.17, 15) is 4.79 Å². The molecular formula is C14H14N2OS. The van der Waals surface area contributed by atoms with Crippen molar-refractivity contribution in [1.82, 2.24) is 10.2 Å². The van der Waals surface area contributed by atoms with Gasteiger partial charge in [-0.3, -0.25) is 10.1 Å². The summed E-state index contributed by atoms with van der Waals surface area (Å²) in [5.41, 5.74) is 1.64. The average Bonchev–Trinajstić information content (AvgIpc) is 3.09. The van der Waals surface area contributed by atoms with Gasteiger partial charge in [-0.05, 0) is 12.5 Å². The molecule has 3 heterocycles. The Morgan fingerprint density at radius 1 is 1.33 bits per heavy atom. The van der Waals surface area contributed by atoms with Gasteiger partial charge in [0.1, 0.15) is 0 Å². The molecule has 1 saturated heterocycles. The molecule has 1 aromatic carbocycles. The molecule has 1 N–H and O–H groups in total. The highest BCUT2D eigenvalue weighted by atomic mass is 32.2. The summed E-state index contributed by atoms with van der Waals surface area (Å²) in [6.45, 7) is 1.67. The SMILES string of the molecule is O=C1c2ccccc2C2(C3=CCCS3)NCCN12. The molecule has 0 aliphatic carbocycles. The largest absolute Gasteiger partial charge is 0.310 e. The van der Waals surface area contributed by atoms with Crippen LogP contribution in [0.4, 0.5) is 0 Å². The summed E-state index contributed by atoms with van der Waals surface area (Å²) in [7, 11) is 0. The highest BCUT2D eigenvalue weighted by molar-refractivity contribution is 8.03. The number of hydrogen-bond acceptors (Lipinski definition) is 3. The van der Waals surface area contributed by atoms with Crippen molar-refractivity contribution in [3.63, 3.8) is 0 Å². The molecule has 4 rings (SSSR count). The number of fused-ring (bicyclic) bond motifs is 3. The molecule has 3 aliphatic rings. The number of carbonyl (C=O) groups is 1. The van der Waals surface area contributed by atoms with Crippen molar-refractivity contribution in [3.05, 3.63) is 46.4 Å². The minimum Gasteiger partial charge on any atom is -0.310 e. The lowest BCUT2D eigenvalue weighted by Gasteiger charge is -2.33.